The van der Waals surface area contributed by atoms with E-state index in [0.717, 1.165) is 12.5 Å². The molecule has 17 heavy (non-hydrogen) atoms. The fourth-order valence-electron chi connectivity index (χ4n) is 1.47. The van der Waals surface area contributed by atoms with E-state index in [-0.39, 0.29) is 17.8 Å². The monoisotopic (exact) mass is 240 g/mol. The molecule has 0 aliphatic rings. The summed E-state index contributed by atoms with van der Waals surface area (Å²) >= 11 is 0. The van der Waals surface area contributed by atoms with Gasteiger partial charge in [0.15, 0.2) is 0 Å². The number of hydrogen-bond acceptors (Lipinski definition) is 3. The molecule has 0 saturated heterocycles. The summed E-state index contributed by atoms with van der Waals surface area (Å²) in [5, 5.41) is 12.0. The van der Waals surface area contributed by atoms with Gasteiger partial charge in [-0.2, -0.15) is 0 Å². The Labute approximate surface area is 99.6 Å². The number of nitrogens with one attached hydrogen (secondary N) is 1. The van der Waals surface area contributed by atoms with Crippen molar-refractivity contribution in [1.82, 2.24) is 5.32 Å². The Bertz CT molecular complexity index is 396. The molecule has 4 nitrogen and oxygen atoms in total. The molecule has 94 valence electrons. The molecule has 1 atom stereocenters. The van der Waals surface area contributed by atoms with E-state index in [2.05, 4.69) is 5.32 Å². The van der Waals surface area contributed by atoms with Crippen molar-refractivity contribution in [3.63, 3.8) is 0 Å². The van der Waals surface area contributed by atoms with Gasteiger partial charge in [0.25, 0.3) is 5.91 Å². The van der Waals surface area contributed by atoms with Crippen LogP contribution >= 0.6 is 0 Å². The largest absolute Gasteiger partial charge is 0.398 e. The maximum atomic E-state index is 12.9. The second-order valence-electron chi connectivity index (χ2n) is 3.88. The van der Waals surface area contributed by atoms with Crippen LogP contribution in [0.1, 0.15) is 30.1 Å². The quantitative estimate of drug-likeness (QED) is 0.679. The number of nitrogen functional groups attached to an aromatic ring is 1. The molecular formula is C12H17FN2O2. The minimum Gasteiger partial charge on any atom is -0.398 e. The first-order chi connectivity index (χ1) is 8.04. The van der Waals surface area contributed by atoms with Gasteiger partial charge in [-0.1, -0.05) is 13.3 Å². The predicted octanol–water partition coefficient (Wildman–Crippen LogP) is 1.30. The first-order valence-corrected chi connectivity index (χ1v) is 5.56. The molecule has 0 bridgehead atoms. The third-order valence-corrected chi connectivity index (χ3v) is 2.38. The van der Waals surface area contributed by atoms with E-state index in [1.165, 1.54) is 12.1 Å². The van der Waals surface area contributed by atoms with Crippen LogP contribution in [-0.4, -0.2) is 23.7 Å². The Kier molecular flexibility index (Phi) is 4.90. The Hall–Kier alpha value is -1.62. The lowest BCUT2D eigenvalue weighted by atomic mass is 10.1. The maximum absolute atomic E-state index is 12.9. The molecule has 0 fully saturated rings. The molecule has 1 amide bonds. The number of carbonyl (C=O) groups excluding carboxylic acids is 1. The van der Waals surface area contributed by atoms with E-state index in [4.69, 9.17) is 5.73 Å². The summed E-state index contributed by atoms with van der Waals surface area (Å²) in [6.45, 7) is 2.08. The smallest absolute Gasteiger partial charge is 0.253 e. The van der Waals surface area contributed by atoms with Gasteiger partial charge in [-0.25, -0.2) is 4.39 Å². The fourth-order valence-corrected chi connectivity index (χ4v) is 1.47. The van der Waals surface area contributed by atoms with Crippen LogP contribution in [0.4, 0.5) is 10.1 Å². The Balaban J connectivity index is 2.61. The van der Waals surface area contributed by atoms with E-state index >= 15 is 0 Å². The summed E-state index contributed by atoms with van der Waals surface area (Å²) in [5.74, 6) is -0.990. The van der Waals surface area contributed by atoms with Crippen LogP contribution < -0.4 is 11.1 Å². The second-order valence-corrected chi connectivity index (χ2v) is 3.88. The third-order valence-electron chi connectivity index (χ3n) is 2.38. The average molecular weight is 240 g/mol. The number of carbonyl (C=O) groups is 1. The van der Waals surface area contributed by atoms with Gasteiger partial charge in [-0.05, 0) is 24.6 Å². The van der Waals surface area contributed by atoms with E-state index in [1.54, 1.807) is 0 Å². The van der Waals surface area contributed by atoms with Gasteiger partial charge in [0, 0.05) is 12.2 Å². The highest BCUT2D eigenvalue weighted by molar-refractivity contribution is 5.99. The minimum absolute atomic E-state index is 0.0914. The van der Waals surface area contributed by atoms with E-state index in [0.29, 0.717) is 6.42 Å². The zero-order chi connectivity index (χ0) is 12.8. The number of halogens is 1. The zero-order valence-corrected chi connectivity index (χ0v) is 9.74. The number of hydrogen-bond donors (Lipinski definition) is 3. The predicted molar refractivity (Wildman–Crippen MR) is 64.1 cm³/mol. The Morgan fingerprint density at radius 2 is 2.29 bits per heavy atom. The second kappa shape index (κ2) is 6.20. The summed E-state index contributed by atoms with van der Waals surface area (Å²) in [6.07, 6.45) is 0.858. The number of rotatable bonds is 5. The van der Waals surface area contributed by atoms with Crippen molar-refractivity contribution >= 4 is 11.6 Å². The van der Waals surface area contributed by atoms with Gasteiger partial charge in [0.2, 0.25) is 0 Å². The zero-order valence-electron chi connectivity index (χ0n) is 9.74. The first-order valence-electron chi connectivity index (χ1n) is 5.56. The topological polar surface area (TPSA) is 75.3 Å². The van der Waals surface area contributed by atoms with Crippen LogP contribution in [0.5, 0.6) is 0 Å². The number of amides is 1. The van der Waals surface area contributed by atoms with E-state index in [9.17, 15) is 14.3 Å². The number of nitrogens with two attached hydrogens (primary N) is 1. The molecule has 1 aromatic carbocycles. The Morgan fingerprint density at radius 3 is 2.94 bits per heavy atom. The summed E-state index contributed by atoms with van der Waals surface area (Å²) in [6, 6.07) is 3.61. The van der Waals surface area contributed by atoms with E-state index < -0.39 is 17.8 Å². The molecule has 4 N–H and O–H groups in total. The first kappa shape index (κ1) is 13.4. The van der Waals surface area contributed by atoms with Gasteiger partial charge < -0.3 is 16.2 Å². The highest BCUT2D eigenvalue weighted by atomic mass is 19.1. The van der Waals surface area contributed by atoms with Crippen molar-refractivity contribution in [2.75, 3.05) is 12.3 Å². The third kappa shape index (κ3) is 4.03. The van der Waals surface area contributed by atoms with Crippen molar-refractivity contribution in [2.24, 2.45) is 0 Å². The lowest BCUT2D eigenvalue weighted by molar-refractivity contribution is 0.0910. The molecule has 0 aliphatic heterocycles. The number of anilines is 1. The number of benzene rings is 1. The van der Waals surface area contributed by atoms with Crippen LogP contribution in [0.3, 0.4) is 0 Å². The molecule has 0 saturated carbocycles. The summed E-state index contributed by atoms with van der Waals surface area (Å²) in [5.41, 5.74) is 5.87. The summed E-state index contributed by atoms with van der Waals surface area (Å²) in [4.78, 5) is 11.7. The SMILES string of the molecule is CCCC(O)CNC(=O)c1cc(F)ccc1N. The molecule has 0 radical (unpaired) electrons. The normalized spacial score (nSPS) is 12.2. The number of aliphatic hydroxyl groups is 1. The van der Waals surface area contributed by atoms with Crippen LogP contribution in [-0.2, 0) is 0 Å². The lowest BCUT2D eigenvalue weighted by Crippen LogP contribution is -2.32. The summed E-state index contributed by atoms with van der Waals surface area (Å²) < 4.78 is 12.9. The molecule has 0 aliphatic carbocycles. The van der Waals surface area contributed by atoms with Gasteiger partial charge in [0.1, 0.15) is 5.82 Å². The minimum atomic E-state index is -0.585. The number of aliphatic hydroxyl groups excluding tert-OH is 1. The van der Waals surface area contributed by atoms with Crippen LogP contribution in [0.15, 0.2) is 18.2 Å². The standard InChI is InChI=1S/C12H17FN2O2/c1-2-3-9(16)7-15-12(17)10-6-8(13)4-5-11(10)14/h4-6,9,16H,2-3,7,14H2,1H3,(H,15,17). The van der Waals surface area contributed by atoms with Gasteiger partial charge in [0.05, 0.1) is 11.7 Å². The Morgan fingerprint density at radius 1 is 1.59 bits per heavy atom. The van der Waals surface area contributed by atoms with Gasteiger partial charge >= 0.3 is 0 Å². The van der Waals surface area contributed by atoms with Crippen LogP contribution in [0.25, 0.3) is 0 Å². The highest BCUT2D eigenvalue weighted by Crippen LogP contribution is 2.13. The highest BCUT2D eigenvalue weighted by Gasteiger charge is 2.12. The van der Waals surface area contributed by atoms with Gasteiger partial charge in [-0.3, -0.25) is 4.79 Å². The van der Waals surface area contributed by atoms with Crippen molar-refractivity contribution in [2.45, 2.75) is 25.9 Å². The van der Waals surface area contributed by atoms with Crippen LogP contribution in [0, 0.1) is 5.82 Å². The molecule has 0 heterocycles. The summed E-state index contributed by atoms with van der Waals surface area (Å²) in [7, 11) is 0. The van der Waals surface area contributed by atoms with Crippen LogP contribution in [0.2, 0.25) is 0 Å². The molecule has 0 aromatic heterocycles. The van der Waals surface area contributed by atoms with Crippen molar-refractivity contribution in [1.29, 1.82) is 0 Å². The fraction of sp³-hybridized carbons (Fsp3) is 0.417. The molecule has 5 heteroatoms. The lowest BCUT2D eigenvalue weighted by Gasteiger charge is -2.11. The maximum Gasteiger partial charge on any atom is 0.253 e. The van der Waals surface area contributed by atoms with Crippen molar-refractivity contribution in [3.8, 4) is 0 Å². The molecule has 1 unspecified atom stereocenters. The molecule has 1 rings (SSSR count). The average Bonchev–Trinajstić information content (AvgIpc) is 2.29. The van der Waals surface area contributed by atoms with Gasteiger partial charge in [-0.15, -0.1) is 0 Å². The molecular weight excluding hydrogens is 223 g/mol. The molecule has 1 aromatic rings. The van der Waals surface area contributed by atoms with Crippen molar-refractivity contribution < 1.29 is 14.3 Å². The molecule has 0 spiro atoms. The van der Waals surface area contributed by atoms with Crippen molar-refractivity contribution in [3.05, 3.63) is 29.6 Å². The van der Waals surface area contributed by atoms with E-state index in [1.807, 2.05) is 6.92 Å².